The number of carbonyl (C=O) groups excluding carboxylic acids is 2. The predicted octanol–water partition coefficient (Wildman–Crippen LogP) is 1.56. The standard InChI is InChI=1S/C14H16O7/c1-17-10-7-9(8-11(18-2)13(10)20-4)14(16)21-6-5-12(15)19-3/h5-8H,1-4H3/b6-5+. The molecule has 0 heterocycles. The van der Waals surface area contributed by atoms with E-state index in [1.54, 1.807) is 0 Å². The number of rotatable bonds is 6. The van der Waals surface area contributed by atoms with E-state index in [9.17, 15) is 9.59 Å². The van der Waals surface area contributed by atoms with Crippen LogP contribution in [0.25, 0.3) is 0 Å². The van der Waals surface area contributed by atoms with Crippen molar-refractivity contribution < 1.29 is 33.3 Å². The van der Waals surface area contributed by atoms with Crippen molar-refractivity contribution >= 4 is 11.9 Å². The maximum absolute atomic E-state index is 11.9. The van der Waals surface area contributed by atoms with Crippen molar-refractivity contribution in [2.45, 2.75) is 0 Å². The summed E-state index contributed by atoms with van der Waals surface area (Å²) >= 11 is 0. The van der Waals surface area contributed by atoms with E-state index in [0.29, 0.717) is 17.2 Å². The summed E-state index contributed by atoms with van der Waals surface area (Å²) in [5, 5.41) is 0. The molecular formula is C14H16O7. The highest BCUT2D eigenvalue weighted by Crippen LogP contribution is 2.38. The van der Waals surface area contributed by atoms with Crippen molar-refractivity contribution in [2.75, 3.05) is 28.4 Å². The highest BCUT2D eigenvalue weighted by Gasteiger charge is 2.17. The van der Waals surface area contributed by atoms with Crippen molar-refractivity contribution in [3.8, 4) is 17.2 Å². The first kappa shape index (κ1) is 16.4. The molecule has 0 saturated carbocycles. The Morgan fingerprint density at radius 1 is 0.952 bits per heavy atom. The molecule has 1 aromatic carbocycles. The minimum absolute atomic E-state index is 0.180. The molecule has 0 bridgehead atoms. The van der Waals surface area contributed by atoms with Gasteiger partial charge in [-0.05, 0) is 12.1 Å². The Hall–Kier alpha value is -2.70. The van der Waals surface area contributed by atoms with Crippen LogP contribution < -0.4 is 14.2 Å². The highest BCUT2D eigenvalue weighted by molar-refractivity contribution is 5.92. The first-order valence-corrected chi connectivity index (χ1v) is 5.82. The van der Waals surface area contributed by atoms with Gasteiger partial charge in [-0.15, -0.1) is 0 Å². The minimum Gasteiger partial charge on any atom is -0.493 e. The number of benzene rings is 1. The summed E-state index contributed by atoms with van der Waals surface area (Å²) in [7, 11) is 5.54. The fraction of sp³-hybridized carbons (Fsp3) is 0.286. The Kier molecular flexibility index (Phi) is 6.06. The van der Waals surface area contributed by atoms with Crippen LogP contribution >= 0.6 is 0 Å². The molecule has 1 aromatic rings. The number of esters is 2. The SMILES string of the molecule is COC(=O)/C=C/OC(=O)c1cc(OC)c(OC)c(OC)c1. The molecule has 0 amide bonds. The molecule has 0 aromatic heterocycles. The third-order valence-electron chi connectivity index (χ3n) is 2.48. The summed E-state index contributed by atoms with van der Waals surface area (Å²) in [6.07, 6.45) is 1.92. The smallest absolute Gasteiger partial charge is 0.343 e. The van der Waals surface area contributed by atoms with Gasteiger partial charge >= 0.3 is 11.9 Å². The van der Waals surface area contributed by atoms with E-state index in [4.69, 9.17) is 18.9 Å². The van der Waals surface area contributed by atoms with Gasteiger partial charge in [-0.1, -0.05) is 0 Å². The van der Waals surface area contributed by atoms with E-state index in [2.05, 4.69) is 4.74 Å². The third kappa shape index (κ3) is 4.13. The van der Waals surface area contributed by atoms with Gasteiger partial charge in [0.15, 0.2) is 11.5 Å². The molecule has 21 heavy (non-hydrogen) atoms. The third-order valence-corrected chi connectivity index (χ3v) is 2.48. The van der Waals surface area contributed by atoms with Crippen molar-refractivity contribution in [3.05, 3.63) is 30.0 Å². The molecule has 114 valence electrons. The molecule has 0 N–H and O–H groups in total. The number of methoxy groups -OCH3 is 4. The van der Waals surface area contributed by atoms with Crippen LogP contribution in [0.1, 0.15) is 10.4 Å². The Labute approximate surface area is 122 Å². The van der Waals surface area contributed by atoms with Crippen molar-refractivity contribution in [1.29, 1.82) is 0 Å². The molecule has 0 aliphatic carbocycles. The first-order valence-electron chi connectivity index (χ1n) is 5.82. The highest BCUT2D eigenvalue weighted by atomic mass is 16.5. The summed E-state index contributed by atoms with van der Waals surface area (Å²) in [6, 6.07) is 2.88. The van der Waals surface area contributed by atoms with E-state index in [0.717, 1.165) is 12.3 Å². The van der Waals surface area contributed by atoms with Crippen LogP contribution in [0, 0.1) is 0 Å². The second-order valence-corrected chi connectivity index (χ2v) is 3.65. The summed E-state index contributed by atoms with van der Waals surface area (Å²) in [6.45, 7) is 0. The zero-order chi connectivity index (χ0) is 15.8. The summed E-state index contributed by atoms with van der Waals surface area (Å²) in [4.78, 5) is 22.7. The summed E-state index contributed by atoms with van der Waals surface area (Å²) < 4.78 is 24.6. The number of ether oxygens (including phenoxy) is 5. The van der Waals surface area contributed by atoms with Crippen LogP contribution in [-0.2, 0) is 14.3 Å². The van der Waals surface area contributed by atoms with E-state index < -0.39 is 11.9 Å². The Balaban J connectivity index is 2.99. The average Bonchev–Trinajstić information content (AvgIpc) is 2.52. The van der Waals surface area contributed by atoms with Crippen LogP contribution in [-0.4, -0.2) is 40.4 Å². The quantitative estimate of drug-likeness (QED) is 0.447. The molecule has 0 aliphatic rings. The Bertz CT molecular complexity index is 523. The average molecular weight is 296 g/mol. The molecular weight excluding hydrogens is 280 g/mol. The van der Waals surface area contributed by atoms with Gasteiger partial charge in [-0.2, -0.15) is 0 Å². The molecule has 0 aliphatic heterocycles. The number of hydrogen-bond acceptors (Lipinski definition) is 7. The van der Waals surface area contributed by atoms with Crippen molar-refractivity contribution in [3.63, 3.8) is 0 Å². The van der Waals surface area contributed by atoms with Gasteiger partial charge in [0.2, 0.25) is 5.75 Å². The van der Waals surface area contributed by atoms with Gasteiger partial charge in [-0.25, -0.2) is 9.59 Å². The molecule has 1 rings (SSSR count). The normalized spacial score (nSPS) is 10.1. The topological polar surface area (TPSA) is 80.3 Å². The van der Waals surface area contributed by atoms with Gasteiger partial charge in [0.05, 0.1) is 40.1 Å². The molecule has 7 nitrogen and oxygen atoms in total. The van der Waals surface area contributed by atoms with E-state index >= 15 is 0 Å². The largest absolute Gasteiger partial charge is 0.493 e. The van der Waals surface area contributed by atoms with Gasteiger partial charge in [0, 0.05) is 0 Å². The summed E-state index contributed by atoms with van der Waals surface area (Å²) in [5.41, 5.74) is 0.180. The van der Waals surface area contributed by atoms with Gasteiger partial charge in [0.25, 0.3) is 0 Å². The van der Waals surface area contributed by atoms with Crippen LogP contribution in [0.2, 0.25) is 0 Å². The van der Waals surface area contributed by atoms with Crippen LogP contribution in [0.15, 0.2) is 24.5 Å². The van der Waals surface area contributed by atoms with Crippen LogP contribution in [0.5, 0.6) is 17.2 Å². The van der Waals surface area contributed by atoms with Crippen molar-refractivity contribution in [2.24, 2.45) is 0 Å². The van der Waals surface area contributed by atoms with E-state index in [1.807, 2.05) is 0 Å². The second kappa shape index (κ2) is 7.78. The second-order valence-electron chi connectivity index (χ2n) is 3.65. The minimum atomic E-state index is -0.686. The lowest BCUT2D eigenvalue weighted by Crippen LogP contribution is -2.04. The zero-order valence-corrected chi connectivity index (χ0v) is 12.2. The monoisotopic (exact) mass is 296 g/mol. The van der Waals surface area contributed by atoms with E-state index in [-0.39, 0.29) is 5.56 Å². The molecule has 0 saturated heterocycles. The first-order chi connectivity index (χ1) is 10.1. The maximum atomic E-state index is 11.9. The molecule has 0 fully saturated rings. The van der Waals surface area contributed by atoms with Crippen LogP contribution in [0.4, 0.5) is 0 Å². The Morgan fingerprint density at radius 2 is 1.52 bits per heavy atom. The fourth-order valence-corrected chi connectivity index (χ4v) is 1.49. The number of carbonyl (C=O) groups is 2. The fourth-order valence-electron chi connectivity index (χ4n) is 1.49. The van der Waals surface area contributed by atoms with E-state index in [1.165, 1.54) is 40.6 Å². The molecule has 0 atom stereocenters. The van der Waals surface area contributed by atoms with Crippen LogP contribution in [0.3, 0.4) is 0 Å². The lowest BCUT2D eigenvalue weighted by atomic mass is 10.2. The molecule has 0 spiro atoms. The lowest BCUT2D eigenvalue weighted by molar-refractivity contribution is -0.134. The van der Waals surface area contributed by atoms with Gasteiger partial charge < -0.3 is 23.7 Å². The zero-order valence-electron chi connectivity index (χ0n) is 12.2. The summed E-state index contributed by atoms with van der Waals surface area (Å²) in [5.74, 6) is -0.315. The molecule has 7 heteroatoms. The lowest BCUT2D eigenvalue weighted by Gasteiger charge is -2.13. The van der Waals surface area contributed by atoms with Gasteiger partial charge in [-0.3, -0.25) is 0 Å². The number of hydrogen-bond donors (Lipinski definition) is 0. The predicted molar refractivity (Wildman–Crippen MR) is 72.7 cm³/mol. The molecule has 0 unspecified atom stereocenters. The maximum Gasteiger partial charge on any atom is 0.343 e. The molecule has 0 radical (unpaired) electrons. The Morgan fingerprint density at radius 3 is 1.95 bits per heavy atom. The van der Waals surface area contributed by atoms with Gasteiger partial charge in [0.1, 0.15) is 6.26 Å². The van der Waals surface area contributed by atoms with Crippen molar-refractivity contribution in [1.82, 2.24) is 0 Å².